The molecule has 3 unspecified atom stereocenters. The smallest absolute Gasteiger partial charge is 0.307 e. The zero-order valence-electron chi connectivity index (χ0n) is 9.50. The number of rotatable bonds is 3. The molecule has 2 rings (SSSR count). The van der Waals surface area contributed by atoms with Crippen LogP contribution in [0.5, 0.6) is 0 Å². The Morgan fingerprint density at radius 1 is 1.29 bits per heavy atom. The second-order valence-corrected chi connectivity index (χ2v) is 7.02. The normalized spacial score (nSPS) is 34.3. The number of hydrogen-bond acceptors (Lipinski definition) is 4. The molecule has 0 radical (unpaired) electrons. The zero-order valence-corrected chi connectivity index (χ0v) is 10.3. The molecule has 1 heterocycles. The number of carbonyl (C=O) groups is 2. The largest absolute Gasteiger partial charge is 0.481 e. The predicted octanol–water partition coefficient (Wildman–Crippen LogP) is -0.647. The van der Waals surface area contributed by atoms with Gasteiger partial charge in [-0.05, 0) is 12.8 Å². The summed E-state index contributed by atoms with van der Waals surface area (Å²) in [6.07, 6.45) is 0.826. The Kier molecular flexibility index (Phi) is 2.89. The molecule has 96 valence electrons. The maximum absolute atomic E-state index is 11.9. The van der Waals surface area contributed by atoms with Crippen LogP contribution in [-0.2, 0) is 19.4 Å². The first-order chi connectivity index (χ1) is 7.82. The average molecular weight is 261 g/mol. The van der Waals surface area contributed by atoms with Crippen molar-refractivity contribution in [2.45, 2.75) is 18.9 Å². The summed E-state index contributed by atoms with van der Waals surface area (Å²) in [4.78, 5) is 24.0. The minimum atomic E-state index is -3.02. The summed E-state index contributed by atoms with van der Waals surface area (Å²) in [5.74, 6) is -2.11. The summed E-state index contributed by atoms with van der Waals surface area (Å²) < 4.78 is 22.6. The van der Waals surface area contributed by atoms with E-state index in [1.54, 1.807) is 7.05 Å². The highest BCUT2D eigenvalue weighted by atomic mass is 32.2. The third-order valence-corrected chi connectivity index (χ3v) is 5.28. The Morgan fingerprint density at radius 2 is 1.94 bits per heavy atom. The molecule has 7 heteroatoms. The summed E-state index contributed by atoms with van der Waals surface area (Å²) in [7, 11) is -1.46. The number of aliphatic carboxylic acids is 1. The summed E-state index contributed by atoms with van der Waals surface area (Å²) in [6, 6.07) is -0.289. The molecule has 0 spiro atoms. The second kappa shape index (κ2) is 3.97. The average Bonchev–Trinajstić information content (AvgIpc) is 2.95. The molecule has 1 aliphatic carbocycles. The van der Waals surface area contributed by atoms with Gasteiger partial charge in [-0.3, -0.25) is 9.59 Å². The highest BCUT2D eigenvalue weighted by Crippen LogP contribution is 2.40. The van der Waals surface area contributed by atoms with Gasteiger partial charge < -0.3 is 10.0 Å². The number of carboxylic acid groups (broad SMARTS) is 1. The maximum Gasteiger partial charge on any atom is 0.307 e. The first-order valence-corrected chi connectivity index (χ1v) is 7.34. The van der Waals surface area contributed by atoms with Crippen LogP contribution >= 0.6 is 0 Å². The van der Waals surface area contributed by atoms with Gasteiger partial charge in [0.05, 0.1) is 23.3 Å². The van der Waals surface area contributed by atoms with Gasteiger partial charge in [0.2, 0.25) is 5.91 Å². The van der Waals surface area contributed by atoms with E-state index in [9.17, 15) is 18.0 Å². The predicted molar refractivity (Wildman–Crippen MR) is 59.1 cm³/mol. The molecule has 6 nitrogen and oxygen atoms in total. The third-order valence-electron chi connectivity index (χ3n) is 3.53. The van der Waals surface area contributed by atoms with Gasteiger partial charge in [-0.25, -0.2) is 8.42 Å². The number of carboxylic acids is 1. The van der Waals surface area contributed by atoms with E-state index >= 15 is 0 Å². The van der Waals surface area contributed by atoms with Crippen LogP contribution in [0, 0.1) is 11.8 Å². The molecule has 1 saturated heterocycles. The number of amides is 1. The van der Waals surface area contributed by atoms with E-state index in [1.165, 1.54) is 4.90 Å². The Morgan fingerprint density at radius 3 is 2.35 bits per heavy atom. The number of nitrogens with zero attached hydrogens (tertiary/aromatic N) is 1. The van der Waals surface area contributed by atoms with Gasteiger partial charge in [0.1, 0.15) is 0 Å². The molecule has 1 amide bonds. The molecule has 0 bridgehead atoms. The van der Waals surface area contributed by atoms with E-state index in [0.717, 1.165) is 0 Å². The highest BCUT2D eigenvalue weighted by molar-refractivity contribution is 7.91. The number of hydrogen-bond donors (Lipinski definition) is 1. The number of sulfone groups is 1. The van der Waals surface area contributed by atoms with E-state index in [-0.39, 0.29) is 23.5 Å². The van der Waals surface area contributed by atoms with Crippen LogP contribution in [0.15, 0.2) is 0 Å². The molecule has 3 atom stereocenters. The van der Waals surface area contributed by atoms with Gasteiger partial charge >= 0.3 is 5.97 Å². The summed E-state index contributed by atoms with van der Waals surface area (Å²) >= 11 is 0. The zero-order chi connectivity index (χ0) is 12.8. The topological polar surface area (TPSA) is 91.8 Å². The van der Waals surface area contributed by atoms with Crippen LogP contribution < -0.4 is 0 Å². The SMILES string of the molecule is CN(C(=O)C1CC1C(=O)O)C1CCS(=O)(=O)C1. The third kappa shape index (κ3) is 2.43. The Balaban J connectivity index is 1.96. The van der Waals surface area contributed by atoms with Crippen molar-refractivity contribution in [1.82, 2.24) is 4.90 Å². The standard InChI is InChI=1S/C10H15NO5S/c1-11(6-2-3-17(15,16)5-6)9(12)7-4-8(7)10(13)14/h6-8H,2-5H2,1H3,(H,13,14). The van der Waals surface area contributed by atoms with Crippen molar-refractivity contribution in [3.63, 3.8) is 0 Å². The number of carbonyl (C=O) groups excluding carboxylic acids is 1. The lowest BCUT2D eigenvalue weighted by Gasteiger charge is -2.23. The molecule has 2 fully saturated rings. The minimum absolute atomic E-state index is 0.000300. The molecule has 1 aliphatic heterocycles. The first-order valence-electron chi connectivity index (χ1n) is 5.52. The van der Waals surface area contributed by atoms with E-state index in [2.05, 4.69) is 0 Å². The molecule has 0 aromatic carbocycles. The van der Waals surface area contributed by atoms with Crippen LogP contribution in [0.1, 0.15) is 12.8 Å². The van der Waals surface area contributed by atoms with E-state index in [1.807, 2.05) is 0 Å². The fourth-order valence-electron chi connectivity index (χ4n) is 2.26. The van der Waals surface area contributed by atoms with Crippen LogP contribution in [0.25, 0.3) is 0 Å². The van der Waals surface area contributed by atoms with Gasteiger partial charge in [-0.2, -0.15) is 0 Å². The fraction of sp³-hybridized carbons (Fsp3) is 0.800. The van der Waals surface area contributed by atoms with Crippen molar-refractivity contribution in [3.05, 3.63) is 0 Å². The van der Waals surface area contributed by atoms with Crippen LogP contribution in [0.2, 0.25) is 0 Å². The fourth-order valence-corrected chi connectivity index (χ4v) is 4.04. The van der Waals surface area contributed by atoms with Gasteiger partial charge in [-0.15, -0.1) is 0 Å². The Bertz CT molecular complexity index is 457. The van der Waals surface area contributed by atoms with Crippen molar-refractivity contribution in [2.24, 2.45) is 11.8 Å². The molecule has 17 heavy (non-hydrogen) atoms. The van der Waals surface area contributed by atoms with Crippen LogP contribution in [0.4, 0.5) is 0 Å². The molecular weight excluding hydrogens is 246 g/mol. The molecule has 1 saturated carbocycles. The lowest BCUT2D eigenvalue weighted by molar-refractivity contribution is -0.142. The van der Waals surface area contributed by atoms with Crippen LogP contribution in [0.3, 0.4) is 0 Å². The maximum atomic E-state index is 11.9. The quantitative estimate of drug-likeness (QED) is 0.729. The molecule has 0 aromatic rings. The second-order valence-electron chi connectivity index (χ2n) is 4.79. The van der Waals surface area contributed by atoms with Crippen molar-refractivity contribution >= 4 is 21.7 Å². The molecule has 1 N–H and O–H groups in total. The van der Waals surface area contributed by atoms with Crippen molar-refractivity contribution < 1.29 is 23.1 Å². The van der Waals surface area contributed by atoms with E-state index in [0.29, 0.717) is 12.8 Å². The summed E-state index contributed by atoms with van der Waals surface area (Å²) in [5, 5.41) is 8.74. The van der Waals surface area contributed by atoms with E-state index in [4.69, 9.17) is 5.11 Å². The van der Waals surface area contributed by atoms with Gasteiger partial charge in [-0.1, -0.05) is 0 Å². The molecule has 2 aliphatic rings. The van der Waals surface area contributed by atoms with Gasteiger partial charge in [0.25, 0.3) is 0 Å². The van der Waals surface area contributed by atoms with Crippen molar-refractivity contribution in [3.8, 4) is 0 Å². The minimum Gasteiger partial charge on any atom is -0.481 e. The molecule has 0 aromatic heterocycles. The summed E-state index contributed by atoms with van der Waals surface area (Å²) in [5.41, 5.74) is 0. The Hall–Kier alpha value is -1.11. The molecular formula is C10H15NO5S. The van der Waals surface area contributed by atoms with E-state index < -0.39 is 27.6 Å². The first kappa shape index (κ1) is 12.3. The van der Waals surface area contributed by atoms with Gasteiger partial charge in [0, 0.05) is 13.1 Å². The Labute approximate surface area is 99.5 Å². The van der Waals surface area contributed by atoms with Crippen molar-refractivity contribution in [1.29, 1.82) is 0 Å². The van der Waals surface area contributed by atoms with Crippen molar-refractivity contribution in [2.75, 3.05) is 18.6 Å². The van der Waals surface area contributed by atoms with Gasteiger partial charge in [0.15, 0.2) is 9.84 Å². The monoisotopic (exact) mass is 261 g/mol. The highest BCUT2D eigenvalue weighted by Gasteiger charge is 2.50. The lowest BCUT2D eigenvalue weighted by Crippen LogP contribution is -2.39. The summed E-state index contributed by atoms with van der Waals surface area (Å²) in [6.45, 7) is 0. The van der Waals surface area contributed by atoms with Crippen LogP contribution in [-0.4, -0.2) is 54.9 Å². The lowest BCUT2D eigenvalue weighted by atomic mass is 10.2.